The molecule has 1 fully saturated rings. The van der Waals surface area contributed by atoms with E-state index in [0.29, 0.717) is 12.0 Å². The standard InChI is InChI=1S/C17H27NO/c1-2-6-14-9-10-16(12-18)17(11-14)19-13-15-7-4-3-5-8-15/h3-5,7-8,14,16-17H,2,6,9-13,18H2,1H3. The minimum Gasteiger partial charge on any atom is -0.373 e. The summed E-state index contributed by atoms with van der Waals surface area (Å²) in [5.41, 5.74) is 7.16. The topological polar surface area (TPSA) is 35.2 Å². The first-order chi connectivity index (χ1) is 9.33. The molecule has 2 heteroatoms. The number of ether oxygens (including phenoxy) is 1. The van der Waals surface area contributed by atoms with Crippen molar-refractivity contribution >= 4 is 0 Å². The van der Waals surface area contributed by atoms with Crippen LogP contribution in [-0.2, 0) is 11.3 Å². The molecule has 0 saturated heterocycles. The minimum atomic E-state index is 0.357. The van der Waals surface area contributed by atoms with E-state index in [1.807, 2.05) is 6.07 Å². The quantitative estimate of drug-likeness (QED) is 0.846. The molecule has 3 atom stereocenters. The van der Waals surface area contributed by atoms with E-state index in [1.165, 1.54) is 37.7 Å². The van der Waals surface area contributed by atoms with E-state index in [4.69, 9.17) is 10.5 Å². The summed E-state index contributed by atoms with van der Waals surface area (Å²) in [4.78, 5) is 0. The molecule has 1 aromatic rings. The molecule has 0 heterocycles. The third kappa shape index (κ3) is 4.32. The maximum atomic E-state index is 6.17. The van der Waals surface area contributed by atoms with Gasteiger partial charge in [-0.05, 0) is 43.2 Å². The average molecular weight is 261 g/mol. The molecule has 0 spiro atoms. The van der Waals surface area contributed by atoms with Crippen LogP contribution in [0.4, 0.5) is 0 Å². The summed E-state index contributed by atoms with van der Waals surface area (Å²) in [6.07, 6.45) is 6.74. The summed E-state index contributed by atoms with van der Waals surface area (Å²) in [6.45, 7) is 3.76. The number of hydrogen-bond donors (Lipinski definition) is 1. The lowest BCUT2D eigenvalue weighted by Gasteiger charge is -2.35. The van der Waals surface area contributed by atoms with Gasteiger partial charge in [0.05, 0.1) is 12.7 Å². The molecule has 0 amide bonds. The van der Waals surface area contributed by atoms with Crippen LogP contribution < -0.4 is 5.73 Å². The number of benzene rings is 1. The van der Waals surface area contributed by atoms with Crippen LogP contribution in [0.25, 0.3) is 0 Å². The molecule has 1 aliphatic carbocycles. The van der Waals surface area contributed by atoms with Crippen LogP contribution in [0.5, 0.6) is 0 Å². The molecule has 2 N–H and O–H groups in total. The molecule has 106 valence electrons. The van der Waals surface area contributed by atoms with E-state index < -0.39 is 0 Å². The van der Waals surface area contributed by atoms with Crippen molar-refractivity contribution < 1.29 is 4.74 Å². The maximum absolute atomic E-state index is 6.17. The first-order valence-electron chi connectivity index (χ1n) is 7.69. The molecule has 0 aliphatic heterocycles. The fourth-order valence-electron chi connectivity index (χ4n) is 3.20. The van der Waals surface area contributed by atoms with Gasteiger partial charge >= 0.3 is 0 Å². The summed E-state index contributed by atoms with van der Waals surface area (Å²) >= 11 is 0. The molecule has 0 bridgehead atoms. The molecule has 1 aliphatic rings. The summed E-state index contributed by atoms with van der Waals surface area (Å²) in [5, 5.41) is 0. The molecule has 1 saturated carbocycles. The van der Waals surface area contributed by atoms with Crippen molar-refractivity contribution in [1.82, 2.24) is 0 Å². The van der Waals surface area contributed by atoms with Crippen LogP contribution in [-0.4, -0.2) is 12.6 Å². The Kier molecular flexibility index (Phi) is 5.87. The highest BCUT2D eigenvalue weighted by molar-refractivity contribution is 5.13. The highest BCUT2D eigenvalue weighted by atomic mass is 16.5. The van der Waals surface area contributed by atoms with Gasteiger partial charge in [-0.1, -0.05) is 50.1 Å². The van der Waals surface area contributed by atoms with Crippen molar-refractivity contribution in [3.05, 3.63) is 35.9 Å². The Balaban J connectivity index is 1.87. The zero-order valence-corrected chi connectivity index (χ0v) is 12.1. The normalized spacial score (nSPS) is 27.4. The lowest BCUT2D eigenvalue weighted by molar-refractivity contribution is -0.0339. The Morgan fingerprint density at radius 2 is 2.00 bits per heavy atom. The zero-order chi connectivity index (χ0) is 13.5. The van der Waals surface area contributed by atoms with Crippen LogP contribution in [0.1, 0.15) is 44.6 Å². The van der Waals surface area contributed by atoms with E-state index in [9.17, 15) is 0 Å². The van der Waals surface area contributed by atoms with E-state index in [-0.39, 0.29) is 0 Å². The predicted octanol–water partition coefficient (Wildman–Crippen LogP) is 3.75. The SMILES string of the molecule is CCCC1CCC(CN)C(OCc2ccccc2)C1. The molecule has 2 nitrogen and oxygen atoms in total. The van der Waals surface area contributed by atoms with Gasteiger partial charge < -0.3 is 10.5 Å². The number of nitrogens with two attached hydrogens (primary N) is 1. The Morgan fingerprint density at radius 1 is 1.21 bits per heavy atom. The summed E-state index contributed by atoms with van der Waals surface area (Å²) in [7, 11) is 0. The number of hydrogen-bond acceptors (Lipinski definition) is 2. The molecular formula is C17H27NO. The summed E-state index contributed by atoms with van der Waals surface area (Å²) in [6, 6.07) is 10.4. The third-order valence-corrected chi connectivity index (χ3v) is 4.34. The van der Waals surface area contributed by atoms with Crippen molar-refractivity contribution in [2.45, 2.75) is 51.7 Å². The zero-order valence-electron chi connectivity index (χ0n) is 12.1. The molecule has 2 rings (SSSR count). The van der Waals surface area contributed by atoms with Gasteiger partial charge in [0.15, 0.2) is 0 Å². The Bertz CT molecular complexity index is 352. The summed E-state index contributed by atoms with van der Waals surface area (Å²) in [5.74, 6) is 1.39. The van der Waals surface area contributed by atoms with Crippen molar-refractivity contribution in [3.63, 3.8) is 0 Å². The largest absolute Gasteiger partial charge is 0.373 e. The van der Waals surface area contributed by atoms with Gasteiger partial charge in [-0.15, -0.1) is 0 Å². The van der Waals surface area contributed by atoms with E-state index >= 15 is 0 Å². The van der Waals surface area contributed by atoms with Crippen LogP contribution in [0, 0.1) is 11.8 Å². The van der Waals surface area contributed by atoms with Gasteiger partial charge in [0.2, 0.25) is 0 Å². The highest BCUT2D eigenvalue weighted by Crippen LogP contribution is 2.33. The number of rotatable bonds is 6. The van der Waals surface area contributed by atoms with Crippen molar-refractivity contribution in [2.75, 3.05) is 6.54 Å². The average Bonchev–Trinajstić information content (AvgIpc) is 2.47. The second-order valence-electron chi connectivity index (χ2n) is 5.80. The second kappa shape index (κ2) is 7.66. The lowest BCUT2D eigenvalue weighted by atomic mass is 9.78. The molecule has 0 aromatic heterocycles. The smallest absolute Gasteiger partial charge is 0.0720 e. The molecule has 0 radical (unpaired) electrons. The summed E-state index contributed by atoms with van der Waals surface area (Å²) < 4.78 is 6.17. The Morgan fingerprint density at radius 3 is 2.68 bits per heavy atom. The Labute approximate surface area is 117 Å². The van der Waals surface area contributed by atoms with Crippen molar-refractivity contribution in [3.8, 4) is 0 Å². The van der Waals surface area contributed by atoms with Crippen LogP contribution >= 0.6 is 0 Å². The van der Waals surface area contributed by atoms with Gasteiger partial charge in [-0.2, -0.15) is 0 Å². The van der Waals surface area contributed by atoms with Crippen LogP contribution in [0.2, 0.25) is 0 Å². The fraction of sp³-hybridized carbons (Fsp3) is 0.647. The monoisotopic (exact) mass is 261 g/mol. The van der Waals surface area contributed by atoms with Crippen molar-refractivity contribution in [2.24, 2.45) is 17.6 Å². The Hall–Kier alpha value is -0.860. The van der Waals surface area contributed by atoms with Crippen molar-refractivity contribution in [1.29, 1.82) is 0 Å². The first-order valence-corrected chi connectivity index (χ1v) is 7.69. The molecule has 1 aromatic carbocycles. The molecular weight excluding hydrogens is 234 g/mol. The van der Waals surface area contributed by atoms with Crippen LogP contribution in [0.15, 0.2) is 30.3 Å². The minimum absolute atomic E-state index is 0.357. The second-order valence-corrected chi connectivity index (χ2v) is 5.80. The van der Waals surface area contributed by atoms with Gasteiger partial charge in [-0.3, -0.25) is 0 Å². The van der Waals surface area contributed by atoms with Crippen LogP contribution in [0.3, 0.4) is 0 Å². The van der Waals surface area contributed by atoms with Gasteiger partial charge in [0.1, 0.15) is 0 Å². The van der Waals surface area contributed by atoms with E-state index in [2.05, 4.69) is 31.2 Å². The van der Waals surface area contributed by atoms with Gasteiger partial charge in [0, 0.05) is 0 Å². The predicted molar refractivity (Wildman–Crippen MR) is 79.8 cm³/mol. The van der Waals surface area contributed by atoms with Gasteiger partial charge in [0.25, 0.3) is 0 Å². The molecule has 19 heavy (non-hydrogen) atoms. The fourth-order valence-corrected chi connectivity index (χ4v) is 3.20. The molecule has 3 unspecified atom stereocenters. The lowest BCUT2D eigenvalue weighted by Crippen LogP contribution is -2.36. The third-order valence-electron chi connectivity index (χ3n) is 4.34. The van der Waals surface area contributed by atoms with Gasteiger partial charge in [-0.25, -0.2) is 0 Å². The first kappa shape index (κ1) is 14.5. The maximum Gasteiger partial charge on any atom is 0.0720 e. The highest BCUT2D eigenvalue weighted by Gasteiger charge is 2.29. The van der Waals surface area contributed by atoms with E-state index in [1.54, 1.807) is 0 Å². The van der Waals surface area contributed by atoms with E-state index in [0.717, 1.165) is 19.1 Å².